The van der Waals surface area contributed by atoms with E-state index < -0.39 is 6.04 Å². The highest BCUT2D eigenvalue weighted by molar-refractivity contribution is 9.10. The molecule has 0 aromatic heterocycles. The van der Waals surface area contributed by atoms with Crippen molar-refractivity contribution in [3.8, 4) is 11.5 Å². The number of carbonyl (C=O) groups is 2. The second-order valence-corrected chi connectivity index (χ2v) is 9.38. The van der Waals surface area contributed by atoms with Gasteiger partial charge in [-0.3, -0.25) is 9.59 Å². The SMILES string of the molecule is COc1ccccc1OCC(=O)N(Cc1cccc(Br)c1)[C@H](Cc1ccccc1)C(=O)NC(C)C. The number of amides is 2. The third-order valence-electron chi connectivity index (χ3n) is 5.36. The van der Waals surface area contributed by atoms with Crippen molar-refractivity contribution in [1.82, 2.24) is 10.2 Å². The minimum Gasteiger partial charge on any atom is -0.493 e. The molecule has 0 unspecified atom stereocenters. The van der Waals surface area contributed by atoms with Gasteiger partial charge in [-0.25, -0.2) is 0 Å². The quantitative estimate of drug-likeness (QED) is 0.373. The molecule has 0 spiro atoms. The van der Waals surface area contributed by atoms with Crippen molar-refractivity contribution in [1.29, 1.82) is 0 Å². The normalized spacial score (nSPS) is 11.6. The fraction of sp³-hybridized carbons (Fsp3) is 0.286. The molecular formula is C28H31BrN2O4. The predicted octanol–water partition coefficient (Wildman–Crippen LogP) is 5.00. The largest absolute Gasteiger partial charge is 0.493 e. The van der Waals surface area contributed by atoms with Gasteiger partial charge in [-0.05, 0) is 49.2 Å². The summed E-state index contributed by atoms with van der Waals surface area (Å²) in [6.07, 6.45) is 0.383. The number of nitrogens with zero attached hydrogens (tertiary/aromatic N) is 1. The summed E-state index contributed by atoms with van der Waals surface area (Å²) in [6.45, 7) is 3.84. The van der Waals surface area contributed by atoms with Crippen LogP contribution in [-0.4, -0.2) is 42.5 Å². The fourth-order valence-corrected chi connectivity index (χ4v) is 4.17. The van der Waals surface area contributed by atoms with Crippen LogP contribution in [0.15, 0.2) is 83.3 Å². The van der Waals surface area contributed by atoms with E-state index in [2.05, 4.69) is 21.2 Å². The molecule has 3 aromatic rings. The first kappa shape index (κ1) is 26.3. The summed E-state index contributed by atoms with van der Waals surface area (Å²) < 4.78 is 12.1. The molecule has 0 bridgehead atoms. The van der Waals surface area contributed by atoms with Crippen LogP contribution in [0.4, 0.5) is 0 Å². The smallest absolute Gasteiger partial charge is 0.261 e. The van der Waals surface area contributed by atoms with E-state index >= 15 is 0 Å². The number of nitrogens with one attached hydrogen (secondary N) is 1. The maximum atomic E-state index is 13.6. The third-order valence-corrected chi connectivity index (χ3v) is 5.86. The van der Waals surface area contributed by atoms with E-state index in [1.807, 2.05) is 80.6 Å². The molecule has 2 amide bonds. The van der Waals surface area contributed by atoms with E-state index in [-0.39, 0.29) is 31.0 Å². The van der Waals surface area contributed by atoms with Crippen molar-refractivity contribution in [2.24, 2.45) is 0 Å². The number of rotatable bonds is 11. The number of hydrogen-bond acceptors (Lipinski definition) is 4. The van der Waals surface area contributed by atoms with Crippen LogP contribution < -0.4 is 14.8 Å². The van der Waals surface area contributed by atoms with Crippen LogP contribution in [0, 0.1) is 0 Å². The lowest BCUT2D eigenvalue weighted by Gasteiger charge is -2.32. The molecule has 7 heteroatoms. The molecule has 0 radical (unpaired) electrons. The average molecular weight is 539 g/mol. The van der Waals surface area contributed by atoms with E-state index in [1.165, 1.54) is 0 Å². The van der Waals surface area contributed by atoms with E-state index in [4.69, 9.17) is 9.47 Å². The Balaban J connectivity index is 1.92. The van der Waals surface area contributed by atoms with Crippen molar-refractivity contribution in [2.45, 2.75) is 38.9 Å². The first-order valence-corrected chi connectivity index (χ1v) is 12.3. The first-order chi connectivity index (χ1) is 16.9. The standard InChI is InChI=1S/C28H31BrN2O4/c1-20(2)30-28(33)24(17-21-10-5-4-6-11-21)31(18-22-12-9-13-23(29)16-22)27(32)19-35-26-15-8-7-14-25(26)34-3/h4-16,20,24H,17-19H2,1-3H3,(H,30,33)/t24-/m1/s1. The third kappa shape index (κ3) is 7.86. The van der Waals surface area contributed by atoms with E-state index in [9.17, 15) is 9.59 Å². The Bertz CT molecular complexity index is 1120. The average Bonchev–Trinajstić information content (AvgIpc) is 2.85. The van der Waals surface area contributed by atoms with Gasteiger partial charge < -0.3 is 19.7 Å². The van der Waals surface area contributed by atoms with Gasteiger partial charge in [0.1, 0.15) is 6.04 Å². The zero-order valence-corrected chi connectivity index (χ0v) is 21.8. The van der Waals surface area contributed by atoms with Gasteiger partial charge >= 0.3 is 0 Å². The summed E-state index contributed by atoms with van der Waals surface area (Å²) in [5.74, 6) is 0.509. The Labute approximate surface area is 215 Å². The van der Waals surface area contributed by atoms with Crippen molar-refractivity contribution in [3.05, 3.63) is 94.5 Å². The van der Waals surface area contributed by atoms with Crippen molar-refractivity contribution in [3.63, 3.8) is 0 Å². The molecule has 3 aromatic carbocycles. The van der Waals surface area contributed by atoms with Gasteiger partial charge in [0.25, 0.3) is 5.91 Å². The number of benzene rings is 3. The molecule has 0 fully saturated rings. The molecule has 1 N–H and O–H groups in total. The number of halogens is 1. The molecule has 0 heterocycles. The highest BCUT2D eigenvalue weighted by Gasteiger charge is 2.31. The van der Waals surface area contributed by atoms with Crippen LogP contribution in [0.5, 0.6) is 11.5 Å². The van der Waals surface area contributed by atoms with Gasteiger partial charge in [-0.1, -0.05) is 70.5 Å². The zero-order valence-electron chi connectivity index (χ0n) is 20.2. The molecule has 0 saturated heterocycles. The molecule has 0 aliphatic rings. The molecule has 3 rings (SSSR count). The van der Waals surface area contributed by atoms with Crippen molar-refractivity contribution >= 4 is 27.7 Å². The predicted molar refractivity (Wildman–Crippen MR) is 140 cm³/mol. The van der Waals surface area contributed by atoms with Gasteiger partial charge in [-0.2, -0.15) is 0 Å². The van der Waals surface area contributed by atoms with Gasteiger partial charge in [0.05, 0.1) is 7.11 Å². The molecule has 1 atom stereocenters. The highest BCUT2D eigenvalue weighted by atomic mass is 79.9. The number of para-hydroxylation sites is 2. The molecule has 35 heavy (non-hydrogen) atoms. The van der Waals surface area contributed by atoms with Crippen LogP contribution in [0.3, 0.4) is 0 Å². The van der Waals surface area contributed by atoms with Gasteiger partial charge in [0.2, 0.25) is 5.91 Å². The number of ether oxygens (including phenoxy) is 2. The Morgan fingerprint density at radius 3 is 2.23 bits per heavy atom. The van der Waals surface area contributed by atoms with Crippen molar-refractivity contribution in [2.75, 3.05) is 13.7 Å². The van der Waals surface area contributed by atoms with Gasteiger partial charge in [0.15, 0.2) is 18.1 Å². The second-order valence-electron chi connectivity index (χ2n) is 8.46. The van der Waals surface area contributed by atoms with Crippen LogP contribution in [0.2, 0.25) is 0 Å². The van der Waals surface area contributed by atoms with E-state index in [0.29, 0.717) is 17.9 Å². The molecule has 0 saturated carbocycles. The summed E-state index contributed by atoms with van der Waals surface area (Å²) in [5.41, 5.74) is 1.87. The maximum Gasteiger partial charge on any atom is 0.261 e. The fourth-order valence-electron chi connectivity index (χ4n) is 3.73. The summed E-state index contributed by atoms with van der Waals surface area (Å²) in [7, 11) is 1.55. The van der Waals surface area contributed by atoms with Crippen LogP contribution in [0.1, 0.15) is 25.0 Å². The lowest BCUT2D eigenvalue weighted by molar-refractivity contribution is -0.143. The number of hydrogen-bond donors (Lipinski definition) is 1. The molecule has 0 aliphatic carbocycles. The van der Waals surface area contributed by atoms with E-state index in [0.717, 1.165) is 15.6 Å². The monoisotopic (exact) mass is 538 g/mol. The number of carbonyl (C=O) groups excluding carboxylic acids is 2. The molecule has 0 aliphatic heterocycles. The second kappa shape index (κ2) is 13.0. The Kier molecular flexibility index (Phi) is 9.73. The summed E-state index contributed by atoms with van der Waals surface area (Å²) in [4.78, 5) is 28.6. The number of methoxy groups -OCH3 is 1. The van der Waals surface area contributed by atoms with Crippen molar-refractivity contribution < 1.29 is 19.1 Å². The molecular weight excluding hydrogens is 508 g/mol. The highest BCUT2D eigenvalue weighted by Crippen LogP contribution is 2.26. The van der Waals surface area contributed by atoms with Gasteiger partial charge in [0, 0.05) is 23.5 Å². The maximum absolute atomic E-state index is 13.6. The zero-order chi connectivity index (χ0) is 25.2. The topological polar surface area (TPSA) is 67.9 Å². The van der Waals surface area contributed by atoms with Crippen LogP contribution >= 0.6 is 15.9 Å². The summed E-state index contributed by atoms with van der Waals surface area (Å²) in [5, 5.41) is 2.98. The minimum atomic E-state index is -0.715. The van der Waals surface area contributed by atoms with Crippen LogP contribution in [-0.2, 0) is 22.6 Å². The van der Waals surface area contributed by atoms with Gasteiger partial charge in [-0.15, -0.1) is 0 Å². The minimum absolute atomic E-state index is 0.0616. The lowest BCUT2D eigenvalue weighted by Crippen LogP contribution is -2.52. The summed E-state index contributed by atoms with van der Waals surface area (Å²) >= 11 is 3.50. The molecule has 6 nitrogen and oxygen atoms in total. The molecule has 184 valence electrons. The summed E-state index contributed by atoms with van der Waals surface area (Å²) in [6, 6.07) is 23.8. The Morgan fingerprint density at radius 2 is 1.57 bits per heavy atom. The van der Waals surface area contributed by atoms with Crippen LogP contribution in [0.25, 0.3) is 0 Å². The first-order valence-electron chi connectivity index (χ1n) is 11.5. The lowest BCUT2D eigenvalue weighted by atomic mass is 10.0. The Hall–Kier alpha value is -3.32. The van der Waals surface area contributed by atoms with E-state index in [1.54, 1.807) is 24.1 Å². The Morgan fingerprint density at radius 1 is 0.914 bits per heavy atom.